The van der Waals surface area contributed by atoms with E-state index >= 15 is 0 Å². The van der Waals surface area contributed by atoms with E-state index in [-0.39, 0.29) is 5.56 Å². The topological polar surface area (TPSA) is 45.8 Å². The average Bonchev–Trinajstić information content (AvgIpc) is 2.52. The first-order chi connectivity index (χ1) is 8.29. The van der Waals surface area contributed by atoms with Crippen LogP contribution in [-0.4, -0.2) is 16.2 Å². The highest BCUT2D eigenvalue weighted by Gasteiger charge is 2.18. The Kier molecular flexibility index (Phi) is 2.96. The molecule has 3 rings (SSSR count). The maximum Gasteiger partial charge on any atom is 0.260 e. The Labute approximate surface area is 108 Å². The molecule has 5 heteroatoms. The second-order valence-corrected chi connectivity index (χ2v) is 6.20. The molecular weight excluding hydrogens is 252 g/mol. The number of aromatic amines is 1. The molecule has 1 N–H and O–H groups in total. The van der Waals surface area contributed by atoms with Crippen LogP contribution in [0.25, 0.3) is 10.2 Å². The highest BCUT2D eigenvalue weighted by atomic mass is 32.2. The fourth-order valence-corrected chi connectivity index (χ4v) is 4.11. The Morgan fingerprint density at radius 1 is 1.29 bits per heavy atom. The molecule has 0 radical (unpaired) electrons. The van der Waals surface area contributed by atoms with Gasteiger partial charge in [0.25, 0.3) is 5.56 Å². The van der Waals surface area contributed by atoms with Gasteiger partial charge in [0.15, 0.2) is 5.16 Å². The quantitative estimate of drug-likeness (QED) is 0.490. The van der Waals surface area contributed by atoms with E-state index in [4.69, 9.17) is 0 Å². The van der Waals surface area contributed by atoms with Crippen molar-refractivity contribution in [3.63, 3.8) is 0 Å². The van der Waals surface area contributed by atoms with E-state index in [2.05, 4.69) is 9.97 Å². The molecule has 0 spiro atoms. The van der Waals surface area contributed by atoms with Crippen molar-refractivity contribution >= 4 is 33.3 Å². The van der Waals surface area contributed by atoms with Crippen molar-refractivity contribution in [1.29, 1.82) is 0 Å². The summed E-state index contributed by atoms with van der Waals surface area (Å²) in [6.07, 6.45) is 7.80. The molecule has 0 aliphatic heterocycles. The van der Waals surface area contributed by atoms with Crippen molar-refractivity contribution in [2.45, 2.75) is 37.3 Å². The molecule has 17 heavy (non-hydrogen) atoms. The summed E-state index contributed by atoms with van der Waals surface area (Å²) >= 11 is 3.20. The van der Waals surface area contributed by atoms with Gasteiger partial charge in [-0.25, -0.2) is 4.98 Å². The summed E-state index contributed by atoms with van der Waals surface area (Å²) in [7, 11) is 0. The normalized spacial score (nSPS) is 15.8. The molecule has 0 amide bonds. The van der Waals surface area contributed by atoms with E-state index in [1.165, 1.54) is 41.5 Å². The number of H-pyrrole nitrogens is 1. The minimum Gasteiger partial charge on any atom is -0.301 e. The van der Waals surface area contributed by atoms with Crippen LogP contribution in [0.15, 0.2) is 9.95 Å². The Morgan fingerprint density at radius 2 is 2.12 bits per heavy atom. The second-order valence-electron chi connectivity index (χ2n) is 4.32. The van der Waals surface area contributed by atoms with E-state index in [0.29, 0.717) is 0 Å². The van der Waals surface area contributed by atoms with Gasteiger partial charge in [-0.1, -0.05) is 18.2 Å². The molecule has 3 nitrogen and oxygen atoms in total. The number of rotatable bonds is 1. The largest absolute Gasteiger partial charge is 0.301 e. The van der Waals surface area contributed by atoms with Gasteiger partial charge < -0.3 is 4.98 Å². The number of nitrogens with zero attached hydrogens (tertiary/aromatic N) is 1. The van der Waals surface area contributed by atoms with Crippen molar-refractivity contribution < 1.29 is 0 Å². The van der Waals surface area contributed by atoms with Crippen LogP contribution >= 0.6 is 23.1 Å². The van der Waals surface area contributed by atoms with E-state index in [1.807, 2.05) is 6.26 Å². The summed E-state index contributed by atoms with van der Waals surface area (Å²) in [6.45, 7) is 0. The van der Waals surface area contributed by atoms with Crippen molar-refractivity contribution in [2.24, 2.45) is 0 Å². The number of thiophene rings is 1. The van der Waals surface area contributed by atoms with E-state index in [0.717, 1.165) is 28.2 Å². The lowest BCUT2D eigenvalue weighted by molar-refractivity contribution is 0.713. The summed E-state index contributed by atoms with van der Waals surface area (Å²) in [5.41, 5.74) is 1.31. The fourth-order valence-electron chi connectivity index (χ4n) is 2.42. The van der Waals surface area contributed by atoms with Gasteiger partial charge in [0.1, 0.15) is 4.83 Å². The zero-order chi connectivity index (χ0) is 11.8. The number of nitrogens with one attached hydrogen (secondary N) is 1. The van der Waals surface area contributed by atoms with Gasteiger partial charge in [0, 0.05) is 4.88 Å². The highest BCUT2D eigenvalue weighted by Crippen LogP contribution is 2.33. The fraction of sp³-hybridized carbons (Fsp3) is 0.500. The van der Waals surface area contributed by atoms with Crippen molar-refractivity contribution in [2.75, 3.05) is 6.26 Å². The summed E-state index contributed by atoms with van der Waals surface area (Å²) in [5.74, 6) is 0. The first-order valence-corrected chi connectivity index (χ1v) is 7.92. The van der Waals surface area contributed by atoms with E-state index in [9.17, 15) is 4.79 Å². The summed E-state index contributed by atoms with van der Waals surface area (Å²) < 4.78 is 0. The molecule has 1 aliphatic rings. The second kappa shape index (κ2) is 4.46. The van der Waals surface area contributed by atoms with Crippen molar-refractivity contribution in [3.05, 3.63) is 20.8 Å². The lowest BCUT2D eigenvalue weighted by Gasteiger charge is -1.98. The molecule has 2 heterocycles. The van der Waals surface area contributed by atoms with Crippen LogP contribution in [0.2, 0.25) is 0 Å². The summed E-state index contributed by atoms with van der Waals surface area (Å²) in [6, 6.07) is 0. The summed E-state index contributed by atoms with van der Waals surface area (Å²) in [4.78, 5) is 21.8. The smallest absolute Gasteiger partial charge is 0.260 e. The van der Waals surface area contributed by atoms with Gasteiger partial charge in [-0.3, -0.25) is 4.79 Å². The van der Waals surface area contributed by atoms with Gasteiger partial charge in [0.2, 0.25) is 0 Å². The predicted octanol–water partition coefficient (Wildman–Crippen LogP) is 2.98. The lowest BCUT2D eigenvalue weighted by Crippen LogP contribution is -2.09. The lowest BCUT2D eigenvalue weighted by atomic mass is 10.1. The van der Waals surface area contributed by atoms with Crippen LogP contribution in [0.4, 0.5) is 0 Å². The van der Waals surface area contributed by atoms with Crippen molar-refractivity contribution in [3.8, 4) is 0 Å². The molecule has 90 valence electrons. The first kappa shape index (κ1) is 11.3. The molecule has 0 aromatic carbocycles. The molecule has 1 aliphatic carbocycles. The molecule has 2 aromatic rings. The Morgan fingerprint density at radius 3 is 2.94 bits per heavy atom. The molecule has 2 aromatic heterocycles. The molecule has 0 saturated heterocycles. The van der Waals surface area contributed by atoms with Gasteiger partial charge in [-0.15, -0.1) is 11.3 Å². The molecular formula is C12H14N2OS2. The third-order valence-electron chi connectivity index (χ3n) is 3.25. The number of aryl methyl sites for hydroxylation is 2. The van der Waals surface area contributed by atoms with Crippen LogP contribution in [0.3, 0.4) is 0 Å². The SMILES string of the molecule is CSc1nc2sc3c(c2c(=O)[nH]1)CCCCC3. The number of aromatic nitrogens is 2. The third kappa shape index (κ3) is 1.91. The van der Waals surface area contributed by atoms with E-state index < -0.39 is 0 Å². The van der Waals surface area contributed by atoms with Crippen LogP contribution in [0.1, 0.15) is 29.7 Å². The zero-order valence-corrected chi connectivity index (χ0v) is 11.3. The number of hydrogen-bond acceptors (Lipinski definition) is 4. The maximum absolute atomic E-state index is 12.1. The van der Waals surface area contributed by atoms with Gasteiger partial charge >= 0.3 is 0 Å². The molecule has 0 atom stereocenters. The van der Waals surface area contributed by atoms with Crippen LogP contribution in [0.5, 0.6) is 0 Å². The zero-order valence-electron chi connectivity index (χ0n) is 9.71. The number of fused-ring (bicyclic) bond motifs is 3. The predicted molar refractivity (Wildman–Crippen MR) is 73.3 cm³/mol. The van der Waals surface area contributed by atoms with Crippen LogP contribution in [-0.2, 0) is 12.8 Å². The highest BCUT2D eigenvalue weighted by molar-refractivity contribution is 7.98. The molecule has 0 unspecified atom stereocenters. The number of thioether (sulfide) groups is 1. The monoisotopic (exact) mass is 266 g/mol. The maximum atomic E-state index is 12.1. The Bertz CT molecular complexity index is 615. The third-order valence-corrected chi connectivity index (χ3v) is 5.01. The van der Waals surface area contributed by atoms with Crippen molar-refractivity contribution in [1.82, 2.24) is 9.97 Å². The minimum absolute atomic E-state index is 0.0405. The number of hydrogen-bond donors (Lipinski definition) is 1. The Hall–Kier alpha value is -0.810. The minimum atomic E-state index is 0.0405. The van der Waals surface area contributed by atoms with Gasteiger partial charge in [-0.05, 0) is 37.5 Å². The Balaban J connectivity index is 2.28. The molecule has 0 bridgehead atoms. The van der Waals surface area contributed by atoms with Crippen LogP contribution in [0, 0.1) is 0 Å². The molecule has 0 fully saturated rings. The molecule has 0 saturated carbocycles. The standard InChI is InChI=1S/C12H14N2OS2/c1-16-12-13-10(15)9-7-5-3-2-4-6-8(7)17-11(9)14-12/h2-6H2,1H3,(H,13,14,15). The van der Waals surface area contributed by atoms with Gasteiger partial charge in [0.05, 0.1) is 5.39 Å². The van der Waals surface area contributed by atoms with Gasteiger partial charge in [-0.2, -0.15) is 0 Å². The van der Waals surface area contributed by atoms with Crippen LogP contribution < -0.4 is 5.56 Å². The first-order valence-electron chi connectivity index (χ1n) is 5.88. The van der Waals surface area contributed by atoms with E-state index in [1.54, 1.807) is 11.3 Å². The average molecular weight is 266 g/mol. The summed E-state index contributed by atoms with van der Waals surface area (Å²) in [5, 5.41) is 1.57.